The van der Waals surface area contributed by atoms with Gasteiger partial charge in [0.15, 0.2) is 0 Å². The van der Waals surface area contributed by atoms with E-state index >= 15 is 0 Å². The highest BCUT2D eigenvalue weighted by Crippen LogP contribution is 2.26. The van der Waals surface area contributed by atoms with Gasteiger partial charge >= 0.3 is 0 Å². The van der Waals surface area contributed by atoms with Crippen LogP contribution < -0.4 is 10.1 Å². The summed E-state index contributed by atoms with van der Waals surface area (Å²) in [6.45, 7) is 9.49. The lowest BCUT2D eigenvalue weighted by Gasteiger charge is -2.24. The van der Waals surface area contributed by atoms with Crippen molar-refractivity contribution in [3.63, 3.8) is 0 Å². The normalized spacial score (nSPS) is 14.3. The zero-order valence-corrected chi connectivity index (χ0v) is 13.1. The molecule has 2 N–H and O–H groups in total. The second-order valence-electron chi connectivity index (χ2n) is 4.94. The zero-order chi connectivity index (χ0) is 13.8. The Balaban J connectivity index is 2.63. The van der Waals surface area contributed by atoms with E-state index < -0.39 is 5.60 Å². The van der Waals surface area contributed by atoms with Crippen molar-refractivity contribution in [2.24, 2.45) is 0 Å². The first-order valence-corrected chi connectivity index (χ1v) is 6.97. The van der Waals surface area contributed by atoms with Crippen LogP contribution in [0.3, 0.4) is 0 Å². The number of hydrogen-bond acceptors (Lipinski definition) is 3. The molecule has 1 atom stereocenters. The highest BCUT2D eigenvalue weighted by atomic mass is 79.9. The van der Waals surface area contributed by atoms with Crippen molar-refractivity contribution in [3.05, 3.63) is 27.7 Å². The van der Waals surface area contributed by atoms with E-state index in [1.807, 2.05) is 32.9 Å². The highest BCUT2D eigenvalue weighted by Gasteiger charge is 2.20. The third-order valence-corrected chi connectivity index (χ3v) is 3.97. The topological polar surface area (TPSA) is 41.5 Å². The van der Waals surface area contributed by atoms with E-state index in [0.29, 0.717) is 6.54 Å². The number of benzene rings is 1. The average Bonchev–Trinajstić information content (AvgIpc) is 2.31. The molecule has 18 heavy (non-hydrogen) atoms. The second kappa shape index (κ2) is 6.55. The van der Waals surface area contributed by atoms with Crippen LogP contribution in [0.4, 0.5) is 0 Å². The van der Waals surface area contributed by atoms with Gasteiger partial charge in [-0.05, 0) is 50.6 Å². The summed E-state index contributed by atoms with van der Waals surface area (Å²) in [5.41, 5.74) is 1.41. The van der Waals surface area contributed by atoms with E-state index in [1.54, 1.807) is 6.92 Å². The van der Waals surface area contributed by atoms with E-state index in [4.69, 9.17) is 4.74 Å². The zero-order valence-electron chi connectivity index (χ0n) is 11.5. The van der Waals surface area contributed by atoms with Crippen LogP contribution in [0.2, 0.25) is 0 Å². The Kier molecular flexibility index (Phi) is 5.63. The molecule has 0 amide bonds. The molecule has 0 fully saturated rings. The number of halogens is 1. The predicted octanol–water partition coefficient (Wildman–Crippen LogP) is 2.81. The van der Waals surface area contributed by atoms with Crippen molar-refractivity contribution < 1.29 is 9.84 Å². The molecule has 0 heterocycles. The number of aliphatic hydroxyl groups is 1. The fraction of sp³-hybridized carbons (Fsp3) is 0.571. The van der Waals surface area contributed by atoms with Crippen molar-refractivity contribution >= 4 is 15.9 Å². The van der Waals surface area contributed by atoms with Gasteiger partial charge in [-0.25, -0.2) is 0 Å². The molecule has 1 aromatic carbocycles. The molecule has 1 aromatic rings. The maximum atomic E-state index is 10.1. The Bertz CT molecular complexity index is 382. The third kappa shape index (κ3) is 4.59. The number of hydrogen-bond donors (Lipinski definition) is 2. The van der Waals surface area contributed by atoms with E-state index in [9.17, 15) is 5.11 Å². The van der Waals surface area contributed by atoms with Crippen LogP contribution in [0.1, 0.15) is 25.0 Å². The van der Waals surface area contributed by atoms with Gasteiger partial charge in [-0.15, -0.1) is 0 Å². The number of likely N-dealkylation sites (N-methyl/N-ethyl adjacent to an activating group) is 1. The first-order valence-electron chi connectivity index (χ1n) is 6.18. The van der Waals surface area contributed by atoms with Crippen LogP contribution >= 0.6 is 15.9 Å². The Morgan fingerprint density at radius 2 is 1.89 bits per heavy atom. The largest absolute Gasteiger partial charge is 0.491 e. The molecule has 102 valence electrons. The summed E-state index contributed by atoms with van der Waals surface area (Å²) in [5, 5.41) is 13.2. The fourth-order valence-electron chi connectivity index (χ4n) is 1.67. The Morgan fingerprint density at radius 1 is 1.33 bits per heavy atom. The monoisotopic (exact) mass is 315 g/mol. The fourth-order valence-corrected chi connectivity index (χ4v) is 1.90. The lowest BCUT2D eigenvalue weighted by Crippen LogP contribution is -2.42. The SMILES string of the molecule is CCNCC(C)(O)COc1cc(C)c(Br)c(C)c1. The molecule has 0 aliphatic rings. The van der Waals surface area contributed by atoms with Gasteiger partial charge in [0, 0.05) is 11.0 Å². The minimum Gasteiger partial charge on any atom is -0.491 e. The molecule has 0 spiro atoms. The van der Waals surface area contributed by atoms with E-state index in [-0.39, 0.29) is 6.61 Å². The van der Waals surface area contributed by atoms with Crippen molar-refractivity contribution in [3.8, 4) is 5.75 Å². The van der Waals surface area contributed by atoms with Gasteiger partial charge in [0.1, 0.15) is 18.0 Å². The molecule has 3 nitrogen and oxygen atoms in total. The Morgan fingerprint density at radius 3 is 2.39 bits per heavy atom. The summed E-state index contributed by atoms with van der Waals surface area (Å²) < 4.78 is 6.78. The molecule has 1 unspecified atom stereocenters. The predicted molar refractivity (Wildman–Crippen MR) is 78.3 cm³/mol. The van der Waals surface area contributed by atoms with Crippen LogP contribution in [-0.2, 0) is 0 Å². The molecular formula is C14H22BrNO2. The number of nitrogens with one attached hydrogen (secondary N) is 1. The van der Waals surface area contributed by atoms with Crippen molar-refractivity contribution in [1.82, 2.24) is 5.32 Å². The summed E-state index contributed by atoms with van der Waals surface area (Å²) in [4.78, 5) is 0. The lowest BCUT2D eigenvalue weighted by molar-refractivity contribution is 0.0127. The molecule has 0 bridgehead atoms. The van der Waals surface area contributed by atoms with Crippen molar-refractivity contribution in [2.45, 2.75) is 33.3 Å². The van der Waals surface area contributed by atoms with E-state index in [1.165, 1.54) is 0 Å². The van der Waals surface area contributed by atoms with Crippen LogP contribution in [0.25, 0.3) is 0 Å². The lowest BCUT2D eigenvalue weighted by atomic mass is 10.1. The van der Waals surface area contributed by atoms with Crippen LogP contribution in [0, 0.1) is 13.8 Å². The standard InChI is InChI=1S/C14H22BrNO2/c1-5-16-8-14(4,17)9-18-12-6-10(2)13(15)11(3)7-12/h6-7,16-17H,5,8-9H2,1-4H3. The Hall–Kier alpha value is -0.580. The van der Waals surface area contributed by atoms with Gasteiger partial charge in [-0.1, -0.05) is 22.9 Å². The maximum absolute atomic E-state index is 10.1. The van der Waals surface area contributed by atoms with E-state index in [2.05, 4.69) is 21.2 Å². The highest BCUT2D eigenvalue weighted by molar-refractivity contribution is 9.10. The smallest absolute Gasteiger partial charge is 0.120 e. The molecule has 0 radical (unpaired) electrons. The first-order chi connectivity index (χ1) is 8.35. The summed E-state index contributed by atoms with van der Waals surface area (Å²) in [7, 11) is 0. The van der Waals surface area contributed by atoms with Crippen LogP contribution in [0.5, 0.6) is 5.75 Å². The third-order valence-electron chi connectivity index (χ3n) is 2.72. The van der Waals surface area contributed by atoms with Gasteiger partial charge in [-0.3, -0.25) is 0 Å². The molecule has 0 saturated carbocycles. The van der Waals surface area contributed by atoms with Gasteiger partial charge in [-0.2, -0.15) is 0 Å². The second-order valence-corrected chi connectivity index (χ2v) is 5.73. The molecule has 0 aromatic heterocycles. The molecule has 4 heteroatoms. The molecule has 0 saturated heterocycles. The molecule has 0 aliphatic carbocycles. The number of rotatable bonds is 6. The van der Waals surface area contributed by atoms with Crippen molar-refractivity contribution in [2.75, 3.05) is 19.7 Å². The molecule has 0 aliphatic heterocycles. The van der Waals surface area contributed by atoms with Crippen LogP contribution in [0.15, 0.2) is 16.6 Å². The average molecular weight is 316 g/mol. The minimum absolute atomic E-state index is 0.278. The maximum Gasteiger partial charge on any atom is 0.120 e. The molecular weight excluding hydrogens is 294 g/mol. The van der Waals surface area contributed by atoms with Crippen molar-refractivity contribution in [1.29, 1.82) is 0 Å². The quantitative estimate of drug-likeness (QED) is 0.848. The number of aryl methyl sites for hydroxylation is 2. The van der Waals surface area contributed by atoms with Gasteiger partial charge in [0.2, 0.25) is 0 Å². The summed E-state index contributed by atoms with van der Waals surface area (Å²) in [6.07, 6.45) is 0. The summed E-state index contributed by atoms with van der Waals surface area (Å²) >= 11 is 3.52. The summed E-state index contributed by atoms with van der Waals surface area (Å²) in [6, 6.07) is 3.95. The van der Waals surface area contributed by atoms with Gasteiger partial charge in [0.05, 0.1) is 0 Å². The molecule has 1 rings (SSSR count). The minimum atomic E-state index is -0.856. The van der Waals surface area contributed by atoms with E-state index in [0.717, 1.165) is 27.9 Å². The first kappa shape index (κ1) is 15.5. The number of ether oxygens (including phenoxy) is 1. The van der Waals surface area contributed by atoms with Gasteiger partial charge < -0.3 is 15.2 Å². The summed E-state index contributed by atoms with van der Waals surface area (Å²) in [5.74, 6) is 0.796. The van der Waals surface area contributed by atoms with Gasteiger partial charge in [0.25, 0.3) is 0 Å². The van der Waals surface area contributed by atoms with Crippen LogP contribution in [-0.4, -0.2) is 30.4 Å². The Labute approximate surface area is 118 Å².